The average Bonchev–Trinajstić information content (AvgIpc) is 2.42. The summed E-state index contributed by atoms with van der Waals surface area (Å²) in [6, 6.07) is 3.27. The minimum Gasteiger partial charge on any atom is -0.308 e. The molecule has 0 atom stereocenters. The highest BCUT2D eigenvalue weighted by Crippen LogP contribution is 2.11. The van der Waals surface area contributed by atoms with Crippen LogP contribution in [0.5, 0.6) is 0 Å². The number of hydrazine groups is 1. The summed E-state index contributed by atoms with van der Waals surface area (Å²) in [6.07, 6.45) is 2.38. The van der Waals surface area contributed by atoms with Gasteiger partial charge in [0.25, 0.3) is 0 Å². The molecule has 0 unspecified atom stereocenters. The molecular weight excluding hydrogens is 268 g/mol. The Morgan fingerprint density at radius 1 is 1.50 bits per heavy atom. The van der Waals surface area contributed by atoms with Gasteiger partial charge in [-0.15, -0.1) is 0 Å². The third-order valence-corrected chi connectivity index (χ3v) is 2.56. The number of aromatic amines is 1. The zero-order chi connectivity index (χ0) is 14.7. The molecule has 0 saturated carbocycles. The van der Waals surface area contributed by atoms with Gasteiger partial charge in [-0.25, -0.2) is 15.6 Å². The van der Waals surface area contributed by atoms with Crippen molar-refractivity contribution >= 4 is 11.5 Å². The van der Waals surface area contributed by atoms with Gasteiger partial charge in [0.2, 0.25) is 0 Å². The molecule has 4 N–H and O–H groups in total. The Labute approximate surface area is 111 Å². The van der Waals surface area contributed by atoms with E-state index >= 15 is 0 Å². The van der Waals surface area contributed by atoms with Crippen LogP contribution < -0.4 is 22.5 Å². The molecule has 0 aliphatic carbocycles. The van der Waals surface area contributed by atoms with Crippen LogP contribution in [0.4, 0.5) is 11.5 Å². The number of hydrogen-bond donors (Lipinski definition) is 3. The fourth-order valence-electron chi connectivity index (χ4n) is 1.62. The average molecular weight is 278 g/mol. The van der Waals surface area contributed by atoms with Crippen molar-refractivity contribution in [3.05, 3.63) is 61.0 Å². The minimum absolute atomic E-state index is 0.0240. The van der Waals surface area contributed by atoms with E-state index in [1.165, 1.54) is 6.20 Å². The smallest absolute Gasteiger partial charge is 0.308 e. The Morgan fingerprint density at radius 2 is 2.25 bits per heavy atom. The van der Waals surface area contributed by atoms with Crippen molar-refractivity contribution in [2.24, 2.45) is 5.84 Å². The molecule has 10 nitrogen and oxygen atoms in total. The summed E-state index contributed by atoms with van der Waals surface area (Å²) in [5.41, 5.74) is 0.381. The number of aromatic nitrogens is 3. The maximum atomic E-state index is 11.6. The molecule has 0 aromatic carbocycles. The lowest BCUT2D eigenvalue weighted by molar-refractivity contribution is -0.386. The Hall–Kier alpha value is -3.01. The van der Waals surface area contributed by atoms with Crippen LogP contribution in [0.2, 0.25) is 0 Å². The molecule has 0 amide bonds. The summed E-state index contributed by atoms with van der Waals surface area (Å²) in [5, 5.41) is 10.7. The first-order valence-corrected chi connectivity index (χ1v) is 5.41. The summed E-state index contributed by atoms with van der Waals surface area (Å²) in [6.45, 7) is -0.0240. The molecule has 0 bridgehead atoms. The second-order valence-electron chi connectivity index (χ2n) is 3.81. The highest BCUT2D eigenvalue weighted by atomic mass is 16.6. The molecule has 104 valence electrons. The van der Waals surface area contributed by atoms with Crippen LogP contribution in [-0.2, 0) is 6.54 Å². The van der Waals surface area contributed by atoms with E-state index in [1.807, 2.05) is 4.98 Å². The van der Waals surface area contributed by atoms with E-state index in [9.17, 15) is 19.7 Å². The number of H-pyrrole nitrogens is 1. The molecule has 2 heterocycles. The van der Waals surface area contributed by atoms with Crippen molar-refractivity contribution in [1.82, 2.24) is 14.5 Å². The van der Waals surface area contributed by atoms with Crippen molar-refractivity contribution in [3.63, 3.8) is 0 Å². The van der Waals surface area contributed by atoms with Crippen molar-refractivity contribution in [1.29, 1.82) is 0 Å². The second-order valence-corrected chi connectivity index (χ2v) is 3.81. The van der Waals surface area contributed by atoms with Gasteiger partial charge in [-0.05, 0) is 6.07 Å². The Bertz CT molecular complexity index is 765. The zero-order valence-electron chi connectivity index (χ0n) is 10.1. The number of nitrogens with two attached hydrogens (primary N) is 1. The first-order chi connectivity index (χ1) is 9.52. The molecule has 2 aromatic rings. The van der Waals surface area contributed by atoms with Crippen LogP contribution >= 0.6 is 0 Å². The van der Waals surface area contributed by atoms with Gasteiger partial charge in [0.05, 0.1) is 17.7 Å². The lowest BCUT2D eigenvalue weighted by Gasteiger charge is -2.08. The van der Waals surface area contributed by atoms with Gasteiger partial charge >= 0.3 is 16.9 Å². The summed E-state index contributed by atoms with van der Waals surface area (Å²) in [4.78, 5) is 38.5. The van der Waals surface area contributed by atoms with E-state index in [-0.39, 0.29) is 6.54 Å². The number of nitrogens with zero attached hydrogens (tertiary/aromatic N) is 3. The van der Waals surface area contributed by atoms with Gasteiger partial charge in [-0.2, -0.15) is 0 Å². The monoisotopic (exact) mass is 278 g/mol. The van der Waals surface area contributed by atoms with Crippen LogP contribution in [0.25, 0.3) is 0 Å². The number of hydrogen-bond acceptors (Lipinski definition) is 7. The predicted molar refractivity (Wildman–Crippen MR) is 69.1 cm³/mol. The highest BCUT2D eigenvalue weighted by Gasteiger charge is 2.15. The fourth-order valence-corrected chi connectivity index (χ4v) is 1.62. The molecule has 0 radical (unpaired) electrons. The van der Waals surface area contributed by atoms with Crippen LogP contribution in [0.3, 0.4) is 0 Å². The molecule has 2 aromatic heterocycles. The van der Waals surface area contributed by atoms with Gasteiger partial charge in [-0.1, -0.05) is 6.07 Å². The van der Waals surface area contributed by atoms with Gasteiger partial charge in [-0.3, -0.25) is 24.5 Å². The van der Waals surface area contributed by atoms with Gasteiger partial charge in [0, 0.05) is 11.8 Å². The molecule has 0 aliphatic rings. The van der Waals surface area contributed by atoms with Crippen LogP contribution in [0, 0.1) is 10.1 Å². The fraction of sp³-hybridized carbons (Fsp3) is 0.100. The number of pyridine rings is 1. The van der Waals surface area contributed by atoms with E-state index in [0.717, 1.165) is 10.8 Å². The number of nitrogens with one attached hydrogen (secondary N) is 2. The maximum absolute atomic E-state index is 11.6. The summed E-state index contributed by atoms with van der Waals surface area (Å²) in [5.74, 6) is 5.61. The largest absolute Gasteiger partial charge is 0.350 e. The number of anilines is 1. The molecule has 0 aliphatic heterocycles. The first kappa shape index (κ1) is 13.4. The third-order valence-electron chi connectivity index (χ3n) is 2.56. The highest BCUT2D eigenvalue weighted by molar-refractivity contribution is 5.42. The molecule has 0 spiro atoms. The SMILES string of the molecule is NNc1ncccc1Cn1cc([N+](=O)[O-])c(=O)[nH]c1=O. The van der Waals surface area contributed by atoms with E-state index < -0.39 is 21.9 Å². The Balaban J connectivity index is 2.49. The standard InChI is InChI=1S/C10H10N6O4/c11-14-8-6(2-1-3-12-8)4-15-5-7(16(19)20)9(17)13-10(15)18/h1-3,5H,4,11H2,(H,12,14)(H,13,17,18). The molecule has 0 fully saturated rings. The lowest BCUT2D eigenvalue weighted by atomic mass is 10.2. The molecule has 20 heavy (non-hydrogen) atoms. The van der Waals surface area contributed by atoms with Crippen molar-refractivity contribution < 1.29 is 4.92 Å². The summed E-state index contributed by atoms with van der Waals surface area (Å²) >= 11 is 0. The summed E-state index contributed by atoms with van der Waals surface area (Å²) in [7, 11) is 0. The lowest BCUT2D eigenvalue weighted by Crippen LogP contribution is -2.31. The Kier molecular flexibility index (Phi) is 3.57. The molecule has 10 heteroatoms. The van der Waals surface area contributed by atoms with Crippen molar-refractivity contribution in [3.8, 4) is 0 Å². The molecule has 0 saturated heterocycles. The predicted octanol–water partition coefficient (Wildman–Crippen LogP) is -0.826. The number of nitro groups is 1. The summed E-state index contributed by atoms with van der Waals surface area (Å²) < 4.78 is 0.997. The minimum atomic E-state index is -1.04. The van der Waals surface area contributed by atoms with E-state index in [4.69, 9.17) is 5.84 Å². The van der Waals surface area contributed by atoms with Crippen LogP contribution in [0.15, 0.2) is 34.1 Å². The quantitative estimate of drug-likeness (QED) is 0.375. The number of nitrogen functional groups attached to an aromatic ring is 1. The van der Waals surface area contributed by atoms with Gasteiger partial charge in [0.15, 0.2) is 0 Å². The molecule has 2 rings (SSSR count). The Morgan fingerprint density at radius 3 is 2.90 bits per heavy atom. The normalized spacial score (nSPS) is 10.2. The van der Waals surface area contributed by atoms with Gasteiger partial charge < -0.3 is 5.43 Å². The van der Waals surface area contributed by atoms with E-state index in [0.29, 0.717) is 11.4 Å². The van der Waals surface area contributed by atoms with E-state index in [2.05, 4.69) is 10.4 Å². The van der Waals surface area contributed by atoms with Crippen LogP contribution in [-0.4, -0.2) is 19.5 Å². The van der Waals surface area contributed by atoms with Crippen molar-refractivity contribution in [2.75, 3.05) is 5.43 Å². The van der Waals surface area contributed by atoms with Crippen LogP contribution in [0.1, 0.15) is 5.56 Å². The molecular formula is C10H10N6O4. The van der Waals surface area contributed by atoms with E-state index in [1.54, 1.807) is 12.1 Å². The number of rotatable bonds is 4. The second kappa shape index (κ2) is 5.32. The zero-order valence-corrected chi connectivity index (χ0v) is 10.1. The van der Waals surface area contributed by atoms with Crippen molar-refractivity contribution in [2.45, 2.75) is 6.54 Å². The maximum Gasteiger partial charge on any atom is 0.350 e. The third kappa shape index (κ3) is 2.54. The topological polar surface area (TPSA) is 149 Å². The van der Waals surface area contributed by atoms with Gasteiger partial charge in [0.1, 0.15) is 5.82 Å². The first-order valence-electron chi connectivity index (χ1n) is 5.41.